The fourth-order valence-corrected chi connectivity index (χ4v) is 1.53. The molecule has 0 saturated heterocycles. The van der Waals surface area contributed by atoms with E-state index >= 15 is 0 Å². The Labute approximate surface area is 105 Å². The van der Waals surface area contributed by atoms with E-state index in [4.69, 9.17) is 0 Å². The van der Waals surface area contributed by atoms with E-state index in [0.29, 0.717) is 12.8 Å². The van der Waals surface area contributed by atoms with Crippen molar-refractivity contribution in [3.63, 3.8) is 0 Å². The Morgan fingerprint density at radius 1 is 1.33 bits per heavy atom. The minimum atomic E-state index is -2.42. The number of pyridine rings is 1. The molecule has 1 aromatic rings. The monoisotopic (exact) mass is 255 g/mol. The summed E-state index contributed by atoms with van der Waals surface area (Å²) in [5, 5.41) is 0. The maximum absolute atomic E-state index is 12.9. The largest absolute Gasteiger partial charge is 0.261 e. The molecule has 1 nitrogen and oxygen atoms in total. The summed E-state index contributed by atoms with van der Waals surface area (Å²) >= 11 is 0. The molecule has 0 radical (unpaired) electrons. The van der Waals surface area contributed by atoms with Crippen molar-refractivity contribution in [3.8, 4) is 0 Å². The van der Waals surface area contributed by atoms with E-state index in [1.807, 2.05) is 6.92 Å². The molecule has 0 aliphatic rings. The number of hydrogen-bond acceptors (Lipinski definition) is 1. The van der Waals surface area contributed by atoms with E-state index in [-0.39, 0.29) is 5.57 Å². The van der Waals surface area contributed by atoms with Crippen LogP contribution in [-0.2, 0) is 6.42 Å². The summed E-state index contributed by atoms with van der Waals surface area (Å²) < 4.78 is 37.8. The van der Waals surface area contributed by atoms with Crippen molar-refractivity contribution in [2.24, 2.45) is 0 Å². The SMILES string of the molecule is CC/C(=C/C=C(/C)Cc1cncc(F)c1)C(F)F. The molecular weight excluding hydrogens is 239 g/mol. The van der Waals surface area contributed by atoms with Crippen LogP contribution in [0.5, 0.6) is 0 Å². The van der Waals surface area contributed by atoms with Crippen molar-refractivity contribution in [2.75, 3.05) is 0 Å². The molecule has 0 N–H and O–H groups in total. The number of halogens is 3. The Kier molecular flexibility index (Phi) is 5.62. The number of hydrogen-bond donors (Lipinski definition) is 0. The molecule has 0 bridgehead atoms. The molecule has 0 atom stereocenters. The zero-order chi connectivity index (χ0) is 13.5. The summed E-state index contributed by atoms with van der Waals surface area (Å²) in [6.07, 6.45) is 4.19. The summed E-state index contributed by atoms with van der Waals surface area (Å²) in [5.74, 6) is -0.391. The number of nitrogens with zero attached hydrogens (tertiary/aromatic N) is 1. The number of allylic oxidation sites excluding steroid dienone is 4. The Hall–Kier alpha value is -1.58. The van der Waals surface area contributed by atoms with Gasteiger partial charge in [0.05, 0.1) is 6.20 Å². The molecule has 0 saturated carbocycles. The van der Waals surface area contributed by atoms with Gasteiger partial charge in [-0.3, -0.25) is 4.98 Å². The molecule has 0 aromatic carbocycles. The van der Waals surface area contributed by atoms with Gasteiger partial charge in [0.1, 0.15) is 5.82 Å². The van der Waals surface area contributed by atoms with Crippen LogP contribution in [0, 0.1) is 5.82 Å². The van der Waals surface area contributed by atoms with E-state index in [1.165, 1.54) is 12.1 Å². The lowest BCUT2D eigenvalue weighted by Crippen LogP contribution is -1.95. The smallest absolute Gasteiger partial charge is 0.260 e. The first-order valence-corrected chi connectivity index (χ1v) is 5.76. The second-order valence-electron chi connectivity index (χ2n) is 4.10. The first kappa shape index (κ1) is 14.5. The fourth-order valence-electron chi connectivity index (χ4n) is 1.53. The van der Waals surface area contributed by atoms with Gasteiger partial charge in [-0.1, -0.05) is 24.6 Å². The third kappa shape index (κ3) is 4.73. The molecule has 0 spiro atoms. The topological polar surface area (TPSA) is 12.9 Å². The zero-order valence-corrected chi connectivity index (χ0v) is 10.5. The van der Waals surface area contributed by atoms with Crippen molar-refractivity contribution in [1.82, 2.24) is 4.98 Å². The Morgan fingerprint density at radius 3 is 2.61 bits per heavy atom. The van der Waals surface area contributed by atoms with Crippen LogP contribution in [0.1, 0.15) is 25.8 Å². The maximum atomic E-state index is 12.9. The van der Waals surface area contributed by atoms with Gasteiger partial charge < -0.3 is 0 Å². The highest BCUT2D eigenvalue weighted by Gasteiger charge is 2.06. The van der Waals surface area contributed by atoms with Crippen molar-refractivity contribution in [1.29, 1.82) is 0 Å². The van der Waals surface area contributed by atoms with E-state index in [2.05, 4.69) is 4.98 Å². The Morgan fingerprint density at radius 2 is 2.06 bits per heavy atom. The van der Waals surface area contributed by atoms with Gasteiger partial charge in [-0.2, -0.15) is 0 Å². The van der Waals surface area contributed by atoms with Crippen LogP contribution in [-0.4, -0.2) is 11.4 Å². The first-order valence-electron chi connectivity index (χ1n) is 5.76. The van der Waals surface area contributed by atoms with Crippen LogP contribution < -0.4 is 0 Å². The molecule has 0 unspecified atom stereocenters. The molecule has 1 aromatic heterocycles. The molecule has 98 valence electrons. The molecule has 1 heterocycles. The van der Waals surface area contributed by atoms with Crippen LogP contribution in [0.2, 0.25) is 0 Å². The van der Waals surface area contributed by atoms with Gasteiger partial charge in [-0.25, -0.2) is 13.2 Å². The standard InChI is InChI=1S/C14H16F3N/c1-3-12(14(16)17)5-4-10(2)6-11-7-13(15)9-18-8-11/h4-5,7-9,14H,3,6H2,1-2H3/b10-4-,12-5-. The van der Waals surface area contributed by atoms with E-state index in [1.54, 1.807) is 19.2 Å². The first-order chi connectivity index (χ1) is 8.52. The summed E-state index contributed by atoms with van der Waals surface area (Å²) in [5.41, 5.74) is 1.72. The molecule has 0 aliphatic heterocycles. The fraction of sp³-hybridized carbons (Fsp3) is 0.357. The lowest BCUT2D eigenvalue weighted by molar-refractivity contribution is 0.186. The third-order valence-electron chi connectivity index (χ3n) is 2.51. The highest BCUT2D eigenvalue weighted by atomic mass is 19.3. The summed E-state index contributed by atoms with van der Waals surface area (Å²) in [4.78, 5) is 3.74. The third-order valence-corrected chi connectivity index (χ3v) is 2.51. The predicted molar refractivity (Wildman–Crippen MR) is 66.0 cm³/mol. The van der Waals surface area contributed by atoms with Crippen LogP contribution in [0.4, 0.5) is 13.2 Å². The van der Waals surface area contributed by atoms with E-state index in [9.17, 15) is 13.2 Å². The number of aromatic nitrogens is 1. The highest BCUT2D eigenvalue weighted by molar-refractivity contribution is 5.23. The van der Waals surface area contributed by atoms with Gasteiger partial charge in [-0.05, 0) is 37.0 Å². The average molecular weight is 255 g/mol. The van der Waals surface area contributed by atoms with Gasteiger partial charge in [-0.15, -0.1) is 0 Å². The number of alkyl halides is 2. The summed E-state index contributed by atoms with van der Waals surface area (Å²) in [6.45, 7) is 3.51. The average Bonchev–Trinajstić information content (AvgIpc) is 2.29. The zero-order valence-electron chi connectivity index (χ0n) is 10.5. The van der Waals surface area contributed by atoms with Crippen LogP contribution in [0.15, 0.2) is 41.8 Å². The van der Waals surface area contributed by atoms with E-state index < -0.39 is 12.2 Å². The molecular formula is C14H16F3N. The molecule has 18 heavy (non-hydrogen) atoms. The quantitative estimate of drug-likeness (QED) is 0.714. The summed E-state index contributed by atoms with van der Waals surface area (Å²) in [6, 6.07) is 1.39. The van der Waals surface area contributed by atoms with Gasteiger partial charge in [0, 0.05) is 6.20 Å². The lowest BCUT2D eigenvalue weighted by atomic mass is 10.1. The molecule has 0 amide bonds. The lowest BCUT2D eigenvalue weighted by Gasteiger charge is -2.03. The van der Waals surface area contributed by atoms with Crippen LogP contribution in [0.3, 0.4) is 0 Å². The molecule has 1 rings (SSSR count). The van der Waals surface area contributed by atoms with Crippen LogP contribution in [0.25, 0.3) is 0 Å². The Balaban J connectivity index is 2.73. The summed E-state index contributed by atoms with van der Waals surface area (Å²) in [7, 11) is 0. The minimum Gasteiger partial charge on any atom is -0.261 e. The van der Waals surface area contributed by atoms with E-state index in [0.717, 1.165) is 17.3 Å². The maximum Gasteiger partial charge on any atom is 0.260 e. The second-order valence-corrected chi connectivity index (χ2v) is 4.10. The van der Waals surface area contributed by atoms with Gasteiger partial charge >= 0.3 is 0 Å². The predicted octanol–water partition coefficient (Wildman–Crippen LogP) is 4.31. The van der Waals surface area contributed by atoms with Crippen molar-refractivity contribution in [2.45, 2.75) is 33.1 Å². The highest BCUT2D eigenvalue weighted by Crippen LogP contribution is 2.14. The minimum absolute atomic E-state index is 0.103. The molecule has 4 heteroatoms. The van der Waals surface area contributed by atoms with Crippen LogP contribution >= 0.6 is 0 Å². The van der Waals surface area contributed by atoms with Gasteiger partial charge in [0.15, 0.2) is 0 Å². The normalized spacial score (nSPS) is 13.2. The number of rotatable bonds is 5. The van der Waals surface area contributed by atoms with Crippen molar-refractivity contribution < 1.29 is 13.2 Å². The van der Waals surface area contributed by atoms with Gasteiger partial charge in [0.25, 0.3) is 6.43 Å². The molecule has 0 fully saturated rings. The Bertz CT molecular complexity index is 450. The van der Waals surface area contributed by atoms with Crippen molar-refractivity contribution >= 4 is 0 Å². The van der Waals surface area contributed by atoms with Gasteiger partial charge in [0.2, 0.25) is 0 Å². The molecule has 0 aliphatic carbocycles. The van der Waals surface area contributed by atoms with Crippen molar-refractivity contribution in [3.05, 3.63) is 53.1 Å². The second kappa shape index (κ2) is 6.99.